The summed E-state index contributed by atoms with van der Waals surface area (Å²) < 4.78 is 0. The molecular weight excluding hydrogens is 192 g/mol. The van der Waals surface area contributed by atoms with E-state index in [1.165, 1.54) is 12.6 Å². The number of anilines is 1. The van der Waals surface area contributed by atoms with Crippen molar-refractivity contribution < 1.29 is 9.90 Å². The van der Waals surface area contributed by atoms with Gasteiger partial charge in [-0.25, -0.2) is 9.78 Å². The molecule has 0 aromatic carbocycles. The standard InChI is InChI=1S/C11H14N2O2/c1-11(5-3-6-11)13-8-4-2-7-12-9(8)10(14)15/h2,4,7,13H,3,5-6H2,1H3,(H,14,15). The molecule has 15 heavy (non-hydrogen) atoms. The van der Waals surface area contributed by atoms with Gasteiger partial charge in [0, 0.05) is 11.7 Å². The SMILES string of the molecule is CC1(Nc2cccnc2C(=O)O)CCC1. The topological polar surface area (TPSA) is 62.2 Å². The molecule has 0 atom stereocenters. The van der Waals surface area contributed by atoms with Gasteiger partial charge in [0.2, 0.25) is 0 Å². The van der Waals surface area contributed by atoms with Crippen LogP contribution < -0.4 is 5.32 Å². The van der Waals surface area contributed by atoms with Crippen molar-refractivity contribution in [3.05, 3.63) is 24.0 Å². The van der Waals surface area contributed by atoms with Crippen LogP contribution in [0.15, 0.2) is 18.3 Å². The second kappa shape index (κ2) is 3.53. The summed E-state index contributed by atoms with van der Waals surface area (Å²) in [6.45, 7) is 2.11. The molecule has 1 aromatic rings. The summed E-state index contributed by atoms with van der Waals surface area (Å²) in [5.41, 5.74) is 0.769. The third-order valence-electron chi connectivity index (χ3n) is 2.90. The second-order valence-corrected chi connectivity index (χ2v) is 4.24. The minimum Gasteiger partial charge on any atom is -0.476 e. The minimum atomic E-state index is -0.985. The lowest BCUT2D eigenvalue weighted by atomic mass is 9.78. The Morgan fingerprint density at radius 3 is 2.87 bits per heavy atom. The van der Waals surface area contributed by atoms with Crippen LogP contribution in [0.1, 0.15) is 36.7 Å². The van der Waals surface area contributed by atoms with Gasteiger partial charge in [-0.2, -0.15) is 0 Å². The van der Waals surface area contributed by atoms with Gasteiger partial charge in [0.15, 0.2) is 5.69 Å². The molecule has 1 aliphatic rings. The maximum Gasteiger partial charge on any atom is 0.356 e. The maximum atomic E-state index is 10.9. The Kier molecular flexibility index (Phi) is 2.34. The minimum absolute atomic E-state index is 0.0488. The molecule has 2 rings (SSSR count). The maximum absolute atomic E-state index is 10.9. The number of carboxylic acid groups (broad SMARTS) is 1. The molecule has 0 spiro atoms. The Balaban J connectivity index is 2.23. The van der Waals surface area contributed by atoms with Gasteiger partial charge in [-0.05, 0) is 38.3 Å². The zero-order chi connectivity index (χ0) is 10.9. The molecule has 1 fully saturated rings. The van der Waals surface area contributed by atoms with Crippen molar-refractivity contribution in [3.63, 3.8) is 0 Å². The van der Waals surface area contributed by atoms with Crippen LogP contribution in [0.3, 0.4) is 0 Å². The highest BCUT2D eigenvalue weighted by molar-refractivity contribution is 5.91. The number of rotatable bonds is 3. The van der Waals surface area contributed by atoms with Crippen LogP contribution in [0.25, 0.3) is 0 Å². The number of hydrogen-bond acceptors (Lipinski definition) is 3. The van der Waals surface area contributed by atoms with E-state index < -0.39 is 5.97 Å². The lowest BCUT2D eigenvalue weighted by Crippen LogP contribution is -2.42. The summed E-state index contributed by atoms with van der Waals surface area (Å²) in [6, 6.07) is 3.51. The first-order chi connectivity index (χ1) is 7.11. The van der Waals surface area contributed by atoms with Crippen molar-refractivity contribution in [2.45, 2.75) is 31.7 Å². The van der Waals surface area contributed by atoms with Crippen LogP contribution in [0.4, 0.5) is 5.69 Å². The number of nitrogens with zero attached hydrogens (tertiary/aromatic N) is 1. The van der Waals surface area contributed by atoms with Crippen LogP contribution >= 0.6 is 0 Å². The zero-order valence-electron chi connectivity index (χ0n) is 8.66. The molecule has 0 aliphatic heterocycles. The largest absolute Gasteiger partial charge is 0.476 e. The lowest BCUT2D eigenvalue weighted by molar-refractivity contribution is 0.0691. The summed E-state index contributed by atoms with van der Waals surface area (Å²) >= 11 is 0. The van der Waals surface area contributed by atoms with Crippen molar-refractivity contribution in [2.75, 3.05) is 5.32 Å². The second-order valence-electron chi connectivity index (χ2n) is 4.24. The molecule has 0 saturated heterocycles. The highest BCUT2D eigenvalue weighted by Gasteiger charge is 2.32. The highest BCUT2D eigenvalue weighted by Crippen LogP contribution is 2.35. The molecular formula is C11H14N2O2. The van der Waals surface area contributed by atoms with Crippen LogP contribution in [0, 0.1) is 0 Å². The first-order valence-corrected chi connectivity index (χ1v) is 5.07. The zero-order valence-corrected chi connectivity index (χ0v) is 8.66. The summed E-state index contributed by atoms with van der Waals surface area (Å²) in [7, 11) is 0. The summed E-state index contributed by atoms with van der Waals surface area (Å²) in [5, 5.41) is 12.2. The third kappa shape index (κ3) is 1.93. The quantitative estimate of drug-likeness (QED) is 0.795. The highest BCUT2D eigenvalue weighted by atomic mass is 16.4. The number of aromatic carboxylic acids is 1. The van der Waals surface area contributed by atoms with Crippen LogP contribution in [0.2, 0.25) is 0 Å². The molecule has 4 heteroatoms. The number of carbonyl (C=O) groups is 1. The Bertz CT molecular complexity index is 386. The summed E-state index contributed by atoms with van der Waals surface area (Å²) in [4.78, 5) is 14.8. The monoisotopic (exact) mass is 206 g/mol. The summed E-state index contributed by atoms with van der Waals surface area (Å²) in [5.74, 6) is -0.985. The average Bonchev–Trinajstić information content (AvgIpc) is 2.16. The van der Waals surface area contributed by atoms with Crippen LogP contribution in [-0.4, -0.2) is 21.6 Å². The van der Waals surface area contributed by atoms with Gasteiger partial charge in [-0.3, -0.25) is 0 Å². The molecule has 1 aromatic heterocycles. The van der Waals surface area contributed by atoms with Crippen molar-refractivity contribution in [1.82, 2.24) is 4.98 Å². The van der Waals surface area contributed by atoms with Gasteiger partial charge in [0.25, 0.3) is 0 Å². The fourth-order valence-electron chi connectivity index (χ4n) is 1.83. The predicted molar refractivity (Wildman–Crippen MR) is 57.1 cm³/mol. The number of carboxylic acids is 1. The van der Waals surface area contributed by atoms with Gasteiger partial charge in [-0.1, -0.05) is 0 Å². The first-order valence-electron chi connectivity index (χ1n) is 5.07. The van der Waals surface area contributed by atoms with Gasteiger partial charge >= 0.3 is 5.97 Å². The van der Waals surface area contributed by atoms with E-state index in [-0.39, 0.29) is 11.2 Å². The van der Waals surface area contributed by atoms with Crippen molar-refractivity contribution >= 4 is 11.7 Å². The van der Waals surface area contributed by atoms with Crippen molar-refractivity contribution in [3.8, 4) is 0 Å². The fourth-order valence-corrected chi connectivity index (χ4v) is 1.83. The fraction of sp³-hybridized carbons (Fsp3) is 0.455. The predicted octanol–water partition coefficient (Wildman–Crippen LogP) is 2.13. The van der Waals surface area contributed by atoms with Crippen LogP contribution in [-0.2, 0) is 0 Å². The lowest BCUT2D eigenvalue weighted by Gasteiger charge is -2.40. The van der Waals surface area contributed by atoms with Gasteiger partial charge in [-0.15, -0.1) is 0 Å². The third-order valence-corrected chi connectivity index (χ3v) is 2.90. The Morgan fingerprint density at radius 2 is 2.33 bits per heavy atom. The van der Waals surface area contributed by atoms with Crippen molar-refractivity contribution in [1.29, 1.82) is 0 Å². The Labute approximate surface area is 88.3 Å². The Hall–Kier alpha value is -1.58. The van der Waals surface area contributed by atoms with Crippen LogP contribution in [0.5, 0.6) is 0 Å². The summed E-state index contributed by atoms with van der Waals surface area (Å²) in [6.07, 6.45) is 4.87. The average molecular weight is 206 g/mol. The smallest absolute Gasteiger partial charge is 0.356 e. The number of hydrogen-bond donors (Lipinski definition) is 2. The molecule has 1 heterocycles. The number of aromatic nitrogens is 1. The molecule has 4 nitrogen and oxygen atoms in total. The van der Waals surface area contributed by atoms with Gasteiger partial charge < -0.3 is 10.4 Å². The van der Waals surface area contributed by atoms with E-state index in [4.69, 9.17) is 5.11 Å². The molecule has 0 bridgehead atoms. The van der Waals surface area contributed by atoms with Crippen molar-refractivity contribution in [2.24, 2.45) is 0 Å². The van der Waals surface area contributed by atoms with Gasteiger partial charge in [0.05, 0.1) is 5.69 Å². The van der Waals surface area contributed by atoms with E-state index >= 15 is 0 Å². The van der Waals surface area contributed by atoms with Gasteiger partial charge in [0.1, 0.15) is 0 Å². The van der Waals surface area contributed by atoms with E-state index in [2.05, 4.69) is 17.2 Å². The van der Waals surface area contributed by atoms with E-state index in [9.17, 15) is 4.79 Å². The number of nitrogens with one attached hydrogen (secondary N) is 1. The van der Waals surface area contributed by atoms with E-state index in [1.54, 1.807) is 12.1 Å². The molecule has 0 amide bonds. The molecule has 80 valence electrons. The first kappa shape index (κ1) is 9.96. The number of pyridine rings is 1. The van der Waals surface area contributed by atoms with E-state index in [0.717, 1.165) is 12.8 Å². The molecule has 0 radical (unpaired) electrons. The Morgan fingerprint density at radius 1 is 1.60 bits per heavy atom. The molecule has 1 aliphatic carbocycles. The molecule has 2 N–H and O–H groups in total. The normalized spacial score (nSPS) is 17.9. The molecule has 1 saturated carbocycles. The van der Waals surface area contributed by atoms with E-state index in [1.807, 2.05) is 0 Å². The molecule has 0 unspecified atom stereocenters. The van der Waals surface area contributed by atoms with E-state index in [0.29, 0.717) is 5.69 Å².